The van der Waals surface area contributed by atoms with Gasteiger partial charge < -0.3 is 10.1 Å². The molecule has 0 fully saturated rings. The highest BCUT2D eigenvalue weighted by atomic mass is 32.2. The van der Waals surface area contributed by atoms with Crippen LogP contribution in [0.3, 0.4) is 0 Å². The zero-order chi connectivity index (χ0) is 10.8. The Morgan fingerprint density at radius 3 is 2.71 bits per heavy atom. The van der Waals surface area contributed by atoms with Crippen LogP contribution in [0.25, 0.3) is 0 Å². The SMILES string of the molecule is C=CCSCCNC(=O)CCC(C)=O. The van der Waals surface area contributed by atoms with Crippen LogP contribution >= 0.6 is 11.8 Å². The third kappa shape index (κ3) is 9.32. The maximum absolute atomic E-state index is 11.1. The van der Waals surface area contributed by atoms with Gasteiger partial charge in [0.25, 0.3) is 0 Å². The van der Waals surface area contributed by atoms with E-state index in [1.807, 2.05) is 6.08 Å². The summed E-state index contributed by atoms with van der Waals surface area (Å²) < 4.78 is 0. The summed E-state index contributed by atoms with van der Waals surface area (Å²) in [6.45, 7) is 5.75. The molecule has 0 spiro atoms. The third-order valence-corrected chi connectivity index (χ3v) is 2.47. The summed E-state index contributed by atoms with van der Waals surface area (Å²) in [4.78, 5) is 21.7. The molecule has 0 aromatic carbocycles. The van der Waals surface area contributed by atoms with Crippen LogP contribution in [0.1, 0.15) is 19.8 Å². The lowest BCUT2D eigenvalue weighted by atomic mass is 10.2. The Balaban J connectivity index is 3.26. The molecule has 0 heterocycles. The minimum absolute atomic E-state index is 0.0422. The van der Waals surface area contributed by atoms with Gasteiger partial charge in [0.15, 0.2) is 0 Å². The fourth-order valence-electron chi connectivity index (χ4n) is 0.807. The monoisotopic (exact) mass is 215 g/mol. The molecule has 0 radical (unpaired) electrons. The quantitative estimate of drug-likeness (QED) is 0.491. The van der Waals surface area contributed by atoms with Gasteiger partial charge >= 0.3 is 0 Å². The lowest BCUT2D eigenvalue weighted by Gasteiger charge is -2.02. The zero-order valence-corrected chi connectivity index (χ0v) is 9.36. The standard InChI is InChI=1S/C10H17NO2S/c1-3-7-14-8-6-11-10(13)5-4-9(2)12/h3H,1,4-8H2,2H3,(H,11,13). The molecule has 0 bridgehead atoms. The molecular formula is C10H17NO2S. The Bertz CT molecular complexity index is 204. The summed E-state index contributed by atoms with van der Waals surface area (Å²) >= 11 is 1.72. The van der Waals surface area contributed by atoms with Crippen molar-refractivity contribution in [3.63, 3.8) is 0 Å². The Kier molecular flexibility index (Phi) is 8.33. The van der Waals surface area contributed by atoms with Gasteiger partial charge in [-0.3, -0.25) is 4.79 Å². The minimum Gasteiger partial charge on any atom is -0.355 e. The van der Waals surface area contributed by atoms with Gasteiger partial charge in [-0.15, -0.1) is 6.58 Å². The van der Waals surface area contributed by atoms with Crippen LogP contribution in [-0.2, 0) is 9.59 Å². The molecular weight excluding hydrogens is 198 g/mol. The van der Waals surface area contributed by atoms with Crippen LogP contribution in [-0.4, -0.2) is 29.7 Å². The molecule has 0 aliphatic rings. The number of carbonyl (C=O) groups is 2. The number of thioether (sulfide) groups is 1. The van der Waals surface area contributed by atoms with Crippen molar-refractivity contribution in [3.05, 3.63) is 12.7 Å². The summed E-state index contributed by atoms with van der Waals surface area (Å²) in [7, 11) is 0. The molecule has 1 amide bonds. The van der Waals surface area contributed by atoms with Crippen molar-refractivity contribution in [2.75, 3.05) is 18.1 Å². The summed E-state index contributed by atoms with van der Waals surface area (Å²) in [5.74, 6) is 1.81. The van der Waals surface area contributed by atoms with Crippen LogP contribution in [0, 0.1) is 0 Å². The maximum atomic E-state index is 11.1. The number of hydrogen-bond acceptors (Lipinski definition) is 3. The smallest absolute Gasteiger partial charge is 0.220 e. The molecule has 1 N–H and O–H groups in total. The number of ketones is 1. The molecule has 3 nitrogen and oxygen atoms in total. The van der Waals surface area contributed by atoms with Crippen LogP contribution in [0.15, 0.2) is 12.7 Å². The lowest BCUT2D eigenvalue weighted by molar-refractivity contribution is -0.124. The Labute approximate surface area is 89.3 Å². The van der Waals surface area contributed by atoms with E-state index in [0.29, 0.717) is 19.4 Å². The van der Waals surface area contributed by atoms with Crippen LogP contribution in [0.5, 0.6) is 0 Å². The molecule has 0 aromatic heterocycles. The van der Waals surface area contributed by atoms with Crippen molar-refractivity contribution in [1.29, 1.82) is 0 Å². The van der Waals surface area contributed by atoms with Crippen molar-refractivity contribution in [1.82, 2.24) is 5.32 Å². The van der Waals surface area contributed by atoms with Crippen LogP contribution in [0.4, 0.5) is 0 Å². The van der Waals surface area contributed by atoms with Gasteiger partial charge in [0, 0.05) is 30.9 Å². The van der Waals surface area contributed by atoms with E-state index in [1.54, 1.807) is 11.8 Å². The van der Waals surface area contributed by atoms with Gasteiger partial charge in [-0.05, 0) is 6.92 Å². The number of amides is 1. The molecule has 0 aliphatic carbocycles. The second-order valence-electron chi connectivity index (χ2n) is 2.92. The normalized spacial score (nSPS) is 9.50. The average Bonchev–Trinajstić information content (AvgIpc) is 2.14. The first kappa shape index (κ1) is 13.2. The summed E-state index contributed by atoms with van der Waals surface area (Å²) in [6.07, 6.45) is 2.48. The van der Waals surface area contributed by atoms with Gasteiger partial charge in [0.1, 0.15) is 5.78 Å². The van der Waals surface area contributed by atoms with E-state index in [1.165, 1.54) is 6.92 Å². The predicted octanol–water partition coefficient (Wildman–Crippen LogP) is 1.39. The number of carbonyl (C=O) groups excluding carboxylic acids is 2. The Morgan fingerprint density at radius 2 is 2.14 bits per heavy atom. The predicted molar refractivity (Wildman–Crippen MR) is 60.4 cm³/mol. The zero-order valence-electron chi connectivity index (χ0n) is 8.54. The van der Waals surface area contributed by atoms with Crippen molar-refractivity contribution in [2.45, 2.75) is 19.8 Å². The highest BCUT2D eigenvalue weighted by molar-refractivity contribution is 7.99. The van der Waals surface area contributed by atoms with Gasteiger partial charge in [0.05, 0.1) is 0 Å². The van der Waals surface area contributed by atoms with E-state index in [0.717, 1.165) is 11.5 Å². The molecule has 0 atom stereocenters. The Morgan fingerprint density at radius 1 is 1.43 bits per heavy atom. The van der Waals surface area contributed by atoms with Gasteiger partial charge in [-0.25, -0.2) is 0 Å². The summed E-state index contributed by atoms with van der Waals surface area (Å²) in [6, 6.07) is 0. The highest BCUT2D eigenvalue weighted by Gasteiger charge is 2.01. The number of nitrogens with one attached hydrogen (secondary N) is 1. The van der Waals surface area contributed by atoms with E-state index in [-0.39, 0.29) is 11.7 Å². The molecule has 0 aromatic rings. The van der Waals surface area contributed by atoms with Crippen LogP contribution in [0.2, 0.25) is 0 Å². The number of Topliss-reactive ketones (excluding diaryl/α,β-unsaturated/α-hetero) is 1. The second kappa shape index (κ2) is 8.81. The molecule has 0 unspecified atom stereocenters. The number of rotatable bonds is 8. The van der Waals surface area contributed by atoms with E-state index >= 15 is 0 Å². The van der Waals surface area contributed by atoms with E-state index in [9.17, 15) is 9.59 Å². The van der Waals surface area contributed by atoms with Crippen molar-refractivity contribution >= 4 is 23.5 Å². The second-order valence-corrected chi connectivity index (χ2v) is 4.07. The molecule has 0 aliphatic heterocycles. The first-order valence-corrected chi connectivity index (χ1v) is 5.77. The van der Waals surface area contributed by atoms with Gasteiger partial charge in [-0.1, -0.05) is 6.08 Å². The first-order valence-electron chi connectivity index (χ1n) is 4.61. The van der Waals surface area contributed by atoms with Crippen molar-refractivity contribution in [2.24, 2.45) is 0 Å². The van der Waals surface area contributed by atoms with Gasteiger partial charge in [-0.2, -0.15) is 11.8 Å². The molecule has 0 saturated heterocycles. The lowest BCUT2D eigenvalue weighted by Crippen LogP contribution is -2.25. The first-order chi connectivity index (χ1) is 6.66. The van der Waals surface area contributed by atoms with Crippen molar-refractivity contribution in [3.8, 4) is 0 Å². The average molecular weight is 215 g/mol. The van der Waals surface area contributed by atoms with Gasteiger partial charge in [0.2, 0.25) is 5.91 Å². The third-order valence-electron chi connectivity index (χ3n) is 1.51. The molecule has 0 rings (SSSR count). The van der Waals surface area contributed by atoms with E-state index in [2.05, 4.69) is 11.9 Å². The molecule has 0 saturated carbocycles. The fourth-order valence-corrected chi connectivity index (χ4v) is 1.39. The molecule has 80 valence electrons. The van der Waals surface area contributed by atoms with E-state index < -0.39 is 0 Å². The topological polar surface area (TPSA) is 46.2 Å². The summed E-state index contributed by atoms with van der Waals surface area (Å²) in [5, 5.41) is 2.75. The highest BCUT2D eigenvalue weighted by Crippen LogP contribution is 1.97. The van der Waals surface area contributed by atoms with Crippen molar-refractivity contribution < 1.29 is 9.59 Å². The Hall–Kier alpha value is -0.770. The number of hydrogen-bond donors (Lipinski definition) is 1. The summed E-state index contributed by atoms with van der Waals surface area (Å²) in [5.41, 5.74) is 0. The largest absolute Gasteiger partial charge is 0.355 e. The fraction of sp³-hybridized carbons (Fsp3) is 0.600. The van der Waals surface area contributed by atoms with Crippen LogP contribution < -0.4 is 5.32 Å². The molecule has 4 heteroatoms. The minimum atomic E-state index is -0.0422. The van der Waals surface area contributed by atoms with E-state index in [4.69, 9.17) is 0 Å². The maximum Gasteiger partial charge on any atom is 0.220 e. The molecule has 14 heavy (non-hydrogen) atoms.